The Kier molecular flexibility index (Phi) is 4.54. The van der Waals surface area contributed by atoms with Gasteiger partial charge < -0.3 is 9.47 Å². The fourth-order valence-electron chi connectivity index (χ4n) is 3.52. The number of carbonyl (C=O) groups is 1. The Morgan fingerprint density at radius 2 is 2.04 bits per heavy atom. The van der Waals surface area contributed by atoms with Crippen LogP contribution < -0.4 is 5.56 Å². The van der Waals surface area contributed by atoms with E-state index in [-0.39, 0.29) is 11.5 Å². The number of benzene rings is 1. The smallest absolute Gasteiger partial charge is 0.280 e. The molecule has 4 rings (SSSR count). The van der Waals surface area contributed by atoms with Crippen LogP contribution in [0.5, 0.6) is 0 Å². The van der Waals surface area contributed by atoms with Crippen LogP contribution in [0.25, 0.3) is 16.6 Å². The number of fused-ring (bicyclic) bond motifs is 1. The van der Waals surface area contributed by atoms with Crippen molar-refractivity contribution in [2.75, 3.05) is 13.1 Å². The van der Waals surface area contributed by atoms with E-state index in [2.05, 4.69) is 16.0 Å². The van der Waals surface area contributed by atoms with Crippen LogP contribution in [0.1, 0.15) is 17.8 Å². The van der Waals surface area contributed by atoms with Crippen LogP contribution in [-0.4, -0.2) is 38.4 Å². The number of aromatic nitrogens is 3. The highest BCUT2D eigenvalue weighted by Crippen LogP contribution is 2.22. The van der Waals surface area contributed by atoms with E-state index in [1.165, 1.54) is 0 Å². The van der Waals surface area contributed by atoms with Crippen LogP contribution >= 0.6 is 0 Å². The molecule has 1 amide bonds. The minimum atomic E-state index is -0.205. The summed E-state index contributed by atoms with van der Waals surface area (Å²) in [6, 6.07) is 11.3. The number of para-hydroxylation sites is 1. The van der Waals surface area contributed by atoms with E-state index in [0.717, 1.165) is 16.8 Å². The van der Waals surface area contributed by atoms with Crippen molar-refractivity contribution in [2.24, 2.45) is 0 Å². The van der Waals surface area contributed by atoms with Crippen LogP contribution in [0.3, 0.4) is 0 Å². The van der Waals surface area contributed by atoms with Gasteiger partial charge in [-0.3, -0.25) is 14.6 Å². The predicted octanol–water partition coefficient (Wildman–Crippen LogP) is 2.42. The number of hydrogen-bond acceptors (Lipinski definition) is 4. The van der Waals surface area contributed by atoms with E-state index in [1.807, 2.05) is 46.7 Å². The Morgan fingerprint density at radius 1 is 1.19 bits per heavy atom. The van der Waals surface area contributed by atoms with Gasteiger partial charge in [-0.1, -0.05) is 18.2 Å². The summed E-state index contributed by atoms with van der Waals surface area (Å²) in [5.74, 6) is 0.762. The number of amides is 1. The van der Waals surface area contributed by atoms with E-state index < -0.39 is 0 Å². The summed E-state index contributed by atoms with van der Waals surface area (Å²) in [4.78, 5) is 34.8. The highest BCUT2D eigenvalue weighted by atomic mass is 16.2. The fourth-order valence-corrected chi connectivity index (χ4v) is 3.52. The monoisotopic (exact) mass is 360 g/mol. The van der Waals surface area contributed by atoms with E-state index in [1.54, 1.807) is 18.5 Å². The van der Waals surface area contributed by atoms with Gasteiger partial charge in [0.05, 0.1) is 17.3 Å². The van der Waals surface area contributed by atoms with Crippen LogP contribution in [-0.2, 0) is 11.2 Å². The van der Waals surface area contributed by atoms with Gasteiger partial charge in [-0.25, -0.2) is 0 Å². The van der Waals surface area contributed by atoms with Crippen LogP contribution in [0.2, 0.25) is 0 Å². The molecule has 0 unspecified atom stereocenters. The molecule has 6 heteroatoms. The van der Waals surface area contributed by atoms with Gasteiger partial charge in [0, 0.05) is 37.6 Å². The third kappa shape index (κ3) is 3.38. The lowest BCUT2D eigenvalue weighted by atomic mass is 10.1. The summed E-state index contributed by atoms with van der Waals surface area (Å²) in [6.07, 6.45) is 6.56. The lowest BCUT2D eigenvalue weighted by Gasteiger charge is -2.28. The first-order chi connectivity index (χ1) is 13.1. The third-order valence-electron chi connectivity index (χ3n) is 4.87. The van der Waals surface area contributed by atoms with Crippen LogP contribution in [0, 0.1) is 6.92 Å². The molecule has 0 atom stereocenters. The first-order valence-corrected chi connectivity index (χ1v) is 8.98. The Bertz CT molecular complexity index is 1090. The summed E-state index contributed by atoms with van der Waals surface area (Å²) < 4.78 is 2.03. The molecule has 0 saturated heterocycles. The number of carbonyl (C=O) groups excluding carboxylic acids is 1. The highest BCUT2D eigenvalue weighted by Gasteiger charge is 2.20. The van der Waals surface area contributed by atoms with Gasteiger partial charge in [0.2, 0.25) is 5.91 Å². The summed E-state index contributed by atoms with van der Waals surface area (Å²) in [5, 5.41) is 0.610. The van der Waals surface area contributed by atoms with Crippen molar-refractivity contribution >= 4 is 22.5 Å². The van der Waals surface area contributed by atoms with E-state index in [0.29, 0.717) is 37.1 Å². The van der Waals surface area contributed by atoms with Gasteiger partial charge in [0.15, 0.2) is 0 Å². The minimum absolute atomic E-state index is 0.0953. The largest absolute Gasteiger partial charge is 0.338 e. The molecular formula is C21H20N4O2. The molecule has 6 nitrogen and oxygen atoms in total. The molecule has 0 bridgehead atoms. The van der Waals surface area contributed by atoms with Crippen molar-refractivity contribution in [2.45, 2.75) is 19.8 Å². The molecule has 0 aliphatic carbocycles. The Balaban J connectivity index is 1.59. The molecule has 3 aromatic rings. The van der Waals surface area contributed by atoms with Crippen LogP contribution in [0.15, 0.2) is 59.7 Å². The standard InChI is InChI=1S/C21H20N4O2/c1-15-23-21(27)18-6-2-3-7-19(18)25(15)17-8-11-24(12-9-17)20(26)13-16-5-4-10-22-14-16/h2-8,10,14H,9,11-13H2,1H3. The van der Waals surface area contributed by atoms with Gasteiger partial charge in [-0.05, 0) is 36.8 Å². The molecule has 1 aliphatic heterocycles. The van der Waals surface area contributed by atoms with Crippen molar-refractivity contribution in [3.63, 3.8) is 0 Å². The van der Waals surface area contributed by atoms with Gasteiger partial charge >= 0.3 is 0 Å². The predicted molar refractivity (Wildman–Crippen MR) is 104 cm³/mol. The summed E-state index contributed by atoms with van der Waals surface area (Å²) in [7, 11) is 0. The zero-order valence-electron chi connectivity index (χ0n) is 15.1. The second-order valence-electron chi connectivity index (χ2n) is 6.64. The average Bonchev–Trinajstić information content (AvgIpc) is 2.69. The van der Waals surface area contributed by atoms with Crippen molar-refractivity contribution in [3.05, 3.63) is 76.6 Å². The molecule has 0 radical (unpaired) electrons. The average molecular weight is 360 g/mol. The quantitative estimate of drug-likeness (QED) is 0.719. The Morgan fingerprint density at radius 3 is 2.78 bits per heavy atom. The second kappa shape index (κ2) is 7.15. The molecule has 27 heavy (non-hydrogen) atoms. The maximum atomic E-state index is 12.5. The third-order valence-corrected chi connectivity index (χ3v) is 4.87. The molecule has 136 valence electrons. The van der Waals surface area contributed by atoms with Crippen molar-refractivity contribution in [3.8, 4) is 0 Å². The molecule has 1 aromatic carbocycles. The number of hydrogen-bond donors (Lipinski definition) is 0. The molecular weight excluding hydrogens is 340 g/mol. The van der Waals surface area contributed by atoms with Gasteiger partial charge in [-0.15, -0.1) is 0 Å². The molecule has 3 heterocycles. The Labute approximate surface area is 156 Å². The number of aryl methyl sites for hydroxylation is 1. The first kappa shape index (κ1) is 17.1. The maximum absolute atomic E-state index is 12.5. The van der Waals surface area contributed by atoms with Gasteiger partial charge in [0.25, 0.3) is 5.56 Å². The number of pyridine rings is 1. The summed E-state index contributed by atoms with van der Waals surface area (Å²) >= 11 is 0. The fraction of sp³-hybridized carbons (Fsp3) is 0.238. The minimum Gasteiger partial charge on any atom is -0.338 e. The van der Waals surface area contributed by atoms with Crippen molar-refractivity contribution in [1.29, 1.82) is 0 Å². The zero-order valence-corrected chi connectivity index (χ0v) is 15.1. The maximum Gasteiger partial charge on any atom is 0.280 e. The first-order valence-electron chi connectivity index (χ1n) is 8.98. The zero-order chi connectivity index (χ0) is 18.8. The van der Waals surface area contributed by atoms with Gasteiger partial charge in [0.1, 0.15) is 5.82 Å². The van der Waals surface area contributed by atoms with Crippen molar-refractivity contribution in [1.82, 2.24) is 19.4 Å². The lowest BCUT2D eigenvalue weighted by Crippen LogP contribution is -2.36. The SMILES string of the molecule is Cc1nc(=O)c2ccccc2n1C1=CCN(C(=O)Cc2cccnc2)CC1. The Hall–Kier alpha value is -3.28. The molecule has 0 saturated carbocycles. The van der Waals surface area contributed by atoms with E-state index >= 15 is 0 Å². The molecule has 0 N–H and O–H groups in total. The highest BCUT2D eigenvalue weighted by molar-refractivity contribution is 5.82. The molecule has 2 aromatic heterocycles. The topological polar surface area (TPSA) is 68.1 Å². The van der Waals surface area contributed by atoms with Gasteiger partial charge in [-0.2, -0.15) is 4.98 Å². The summed E-state index contributed by atoms with van der Waals surface area (Å²) in [5.41, 5.74) is 2.64. The van der Waals surface area contributed by atoms with E-state index in [4.69, 9.17) is 0 Å². The van der Waals surface area contributed by atoms with Crippen LogP contribution in [0.4, 0.5) is 0 Å². The van der Waals surface area contributed by atoms with E-state index in [9.17, 15) is 9.59 Å². The number of rotatable bonds is 3. The summed E-state index contributed by atoms with van der Waals surface area (Å²) in [6.45, 7) is 3.04. The normalized spacial score (nSPS) is 14.3. The van der Waals surface area contributed by atoms with Crippen molar-refractivity contribution < 1.29 is 4.79 Å². The lowest BCUT2D eigenvalue weighted by molar-refractivity contribution is -0.130. The molecule has 0 fully saturated rings. The molecule has 0 spiro atoms. The molecule has 1 aliphatic rings. The number of nitrogens with zero attached hydrogens (tertiary/aromatic N) is 4. The second-order valence-corrected chi connectivity index (χ2v) is 6.64.